The average Bonchev–Trinajstić information content (AvgIpc) is 2.71. The van der Waals surface area contributed by atoms with E-state index in [1.165, 1.54) is 22.7 Å². The minimum atomic E-state index is -0.0306. The monoisotopic (exact) mass is 398 g/mol. The maximum Gasteiger partial charge on any atom is 0.206 e. The molecule has 6 heteroatoms. The van der Waals surface area contributed by atoms with Crippen LogP contribution in [-0.4, -0.2) is 5.78 Å². The second kappa shape index (κ2) is 4.90. The first-order chi connectivity index (χ1) is 7.50. The molecule has 0 aromatic carbocycles. The van der Waals surface area contributed by atoms with E-state index in [1.54, 1.807) is 0 Å². The van der Waals surface area contributed by atoms with Crippen molar-refractivity contribution < 1.29 is 4.79 Å². The number of carbonyl (C=O) groups excluding carboxylic acids is 1. The van der Waals surface area contributed by atoms with Gasteiger partial charge in [0.1, 0.15) is 0 Å². The topological polar surface area (TPSA) is 17.1 Å². The predicted molar refractivity (Wildman–Crippen MR) is 77.2 cm³/mol. The number of hydrogen-bond acceptors (Lipinski definition) is 3. The van der Waals surface area contributed by atoms with E-state index in [4.69, 9.17) is 11.6 Å². The van der Waals surface area contributed by atoms with E-state index in [-0.39, 0.29) is 5.78 Å². The lowest BCUT2D eigenvalue weighted by Crippen LogP contribution is -1.98. The fourth-order valence-corrected chi connectivity index (χ4v) is 5.23. The molecule has 0 radical (unpaired) electrons. The van der Waals surface area contributed by atoms with E-state index in [2.05, 4.69) is 31.9 Å². The van der Waals surface area contributed by atoms with Gasteiger partial charge in [-0.15, -0.1) is 22.7 Å². The van der Waals surface area contributed by atoms with Gasteiger partial charge in [0.25, 0.3) is 0 Å². The molecule has 2 rings (SSSR count). The fraction of sp³-hybridized carbons (Fsp3) is 0.100. The molecule has 2 heterocycles. The first-order valence-corrected chi connectivity index (χ1v) is 7.90. The highest BCUT2D eigenvalue weighted by molar-refractivity contribution is 9.12. The molecule has 0 unspecified atom stereocenters. The van der Waals surface area contributed by atoms with Crippen LogP contribution in [-0.2, 0) is 0 Å². The summed E-state index contributed by atoms with van der Waals surface area (Å²) in [7, 11) is 0. The molecule has 2 aromatic rings. The highest BCUT2D eigenvalue weighted by Gasteiger charge is 2.20. The Morgan fingerprint density at radius 3 is 2.56 bits per heavy atom. The quantitative estimate of drug-likeness (QED) is 0.606. The predicted octanol–water partition coefficient (Wildman–Crippen LogP) is 5.53. The maximum absolute atomic E-state index is 12.2. The van der Waals surface area contributed by atoms with Crippen molar-refractivity contribution in [1.82, 2.24) is 0 Å². The second-order valence-electron chi connectivity index (χ2n) is 3.13. The number of rotatable bonds is 2. The number of thiophene rings is 2. The van der Waals surface area contributed by atoms with Crippen molar-refractivity contribution in [3.05, 3.63) is 40.0 Å². The molecule has 0 saturated heterocycles. The molecule has 0 atom stereocenters. The van der Waals surface area contributed by atoms with Crippen molar-refractivity contribution in [2.45, 2.75) is 6.92 Å². The number of aryl methyl sites for hydroxylation is 1. The molecular weight excluding hydrogens is 396 g/mol. The van der Waals surface area contributed by atoms with Crippen molar-refractivity contribution in [2.24, 2.45) is 0 Å². The summed E-state index contributed by atoms with van der Waals surface area (Å²) in [6.07, 6.45) is 0. The summed E-state index contributed by atoms with van der Waals surface area (Å²) < 4.78 is 1.75. The van der Waals surface area contributed by atoms with Crippen LogP contribution >= 0.6 is 66.1 Å². The van der Waals surface area contributed by atoms with Crippen LogP contribution in [0.3, 0.4) is 0 Å². The SMILES string of the molecule is Cc1csc(C(=O)c2cc(Br)sc2Br)c1Cl. The van der Waals surface area contributed by atoms with Gasteiger partial charge in [0.05, 0.1) is 17.5 Å². The average molecular weight is 401 g/mol. The summed E-state index contributed by atoms with van der Waals surface area (Å²) in [4.78, 5) is 12.8. The minimum Gasteiger partial charge on any atom is -0.288 e. The van der Waals surface area contributed by atoms with Gasteiger partial charge in [-0.25, -0.2) is 0 Å². The highest BCUT2D eigenvalue weighted by Crippen LogP contribution is 2.36. The van der Waals surface area contributed by atoms with E-state index in [0.29, 0.717) is 15.5 Å². The Hall–Kier alpha value is 0.320. The Labute approximate surface area is 123 Å². The third-order valence-corrected chi connectivity index (χ3v) is 6.04. The molecule has 0 spiro atoms. The van der Waals surface area contributed by atoms with E-state index in [0.717, 1.165) is 13.1 Å². The zero-order valence-corrected chi connectivity index (χ0v) is 13.6. The molecule has 0 aliphatic heterocycles. The molecule has 16 heavy (non-hydrogen) atoms. The van der Waals surface area contributed by atoms with Crippen molar-refractivity contribution in [3.63, 3.8) is 0 Å². The summed E-state index contributed by atoms with van der Waals surface area (Å²) in [5.74, 6) is -0.0306. The summed E-state index contributed by atoms with van der Waals surface area (Å²) in [6, 6.07) is 1.81. The number of carbonyl (C=O) groups is 1. The van der Waals surface area contributed by atoms with E-state index in [9.17, 15) is 4.79 Å². The molecule has 0 bridgehead atoms. The van der Waals surface area contributed by atoms with Gasteiger partial charge in [-0.3, -0.25) is 4.79 Å². The molecule has 0 fully saturated rings. The van der Waals surface area contributed by atoms with Gasteiger partial charge in [-0.1, -0.05) is 11.6 Å². The van der Waals surface area contributed by atoms with Crippen LogP contribution in [0, 0.1) is 6.92 Å². The standard InChI is InChI=1S/C10H5Br2ClOS2/c1-4-3-15-9(7(4)13)8(14)5-2-6(11)16-10(5)12/h2-3H,1H3. The Bertz CT molecular complexity index is 555. The van der Waals surface area contributed by atoms with Crippen LogP contribution < -0.4 is 0 Å². The molecular formula is C10H5Br2ClOS2. The van der Waals surface area contributed by atoms with Crippen LogP contribution in [0.4, 0.5) is 0 Å². The number of hydrogen-bond donors (Lipinski definition) is 0. The first kappa shape index (κ1) is 12.8. The highest BCUT2D eigenvalue weighted by atomic mass is 79.9. The van der Waals surface area contributed by atoms with Gasteiger partial charge in [-0.05, 0) is 55.8 Å². The van der Waals surface area contributed by atoms with Gasteiger partial charge in [-0.2, -0.15) is 0 Å². The molecule has 1 nitrogen and oxygen atoms in total. The lowest BCUT2D eigenvalue weighted by atomic mass is 10.2. The Morgan fingerprint density at radius 2 is 2.12 bits per heavy atom. The van der Waals surface area contributed by atoms with Gasteiger partial charge in [0.15, 0.2) is 0 Å². The smallest absolute Gasteiger partial charge is 0.206 e. The zero-order valence-electron chi connectivity index (χ0n) is 8.01. The van der Waals surface area contributed by atoms with E-state index < -0.39 is 0 Å². The van der Waals surface area contributed by atoms with Crippen molar-refractivity contribution >= 4 is 71.9 Å². The molecule has 0 amide bonds. The first-order valence-electron chi connectivity index (χ1n) is 4.24. The molecule has 84 valence electrons. The van der Waals surface area contributed by atoms with Gasteiger partial charge < -0.3 is 0 Å². The summed E-state index contributed by atoms with van der Waals surface area (Å²) in [5.41, 5.74) is 1.60. The Balaban J connectivity index is 2.47. The normalized spacial score (nSPS) is 10.8. The van der Waals surface area contributed by atoms with Crippen LogP contribution in [0.15, 0.2) is 19.0 Å². The van der Waals surface area contributed by atoms with Crippen molar-refractivity contribution in [3.8, 4) is 0 Å². The van der Waals surface area contributed by atoms with Crippen LogP contribution in [0.2, 0.25) is 5.02 Å². The van der Waals surface area contributed by atoms with Crippen molar-refractivity contribution in [2.75, 3.05) is 0 Å². The number of ketones is 1. The summed E-state index contributed by atoms with van der Waals surface area (Å²) in [5, 5.41) is 2.45. The Kier molecular flexibility index (Phi) is 3.91. The molecule has 0 saturated carbocycles. The zero-order chi connectivity index (χ0) is 11.9. The second-order valence-corrected chi connectivity index (χ2v) is 8.14. The van der Waals surface area contributed by atoms with Gasteiger partial charge >= 0.3 is 0 Å². The summed E-state index contributed by atoms with van der Waals surface area (Å²) >= 11 is 15.7. The fourth-order valence-electron chi connectivity index (χ4n) is 1.20. The largest absolute Gasteiger partial charge is 0.288 e. The lowest BCUT2D eigenvalue weighted by molar-refractivity contribution is 0.104. The molecule has 0 aliphatic carbocycles. The lowest BCUT2D eigenvalue weighted by Gasteiger charge is -1.96. The van der Waals surface area contributed by atoms with Crippen LogP contribution in [0.1, 0.15) is 20.8 Å². The molecule has 2 aromatic heterocycles. The third-order valence-electron chi connectivity index (χ3n) is 2.01. The summed E-state index contributed by atoms with van der Waals surface area (Å²) in [6.45, 7) is 1.90. The van der Waals surface area contributed by atoms with Crippen LogP contribution in [0.25, 0.3) is 0 Å². The molecule has 0 N–H and O–H groups in total. The third kappa shape index (κ3) is 2.29. The molecule has 0 aliphatic rings. The van der Waals surface area contributed by atoms with E-state index in [1.807, 2.05) is 18.4 Å². The minimum absolute atomic E-state index is 0.0306. The van der Waals surface area contributed by atoms with E-state index >= 15 is 0 Å². The van der Waals surface area contributed by atoms with Crippen molar-refractivity contribution in [1.29, 1.82) is 0 Å². The van der Waals surface area contributed by atoms with Gasteiger partial charge in [0.2, 0.25) is 5.78 Å². The number of halogens is 3. The maximum atomic E-state index is 12.2. The Morgan fingerprint density at radius 1 is 1.44 bits per heavy atom. The van der Waals surface area contributed by atoms with Gasteiger partial charge in [0, 0.05) is 5.56 Å². The van der Waals surface area contributed by atoms with Crippen LogP contribution in [0.5, 0.6) is 0 Å².